The highest BCUT2D eigenvalue weighted by Gasteiger charge is 2.49. The molecule has 24 heavy (non-hydrogen) atoms. The molecule has 0 radical (unpaired) electrons. The molecular weight excluding hydrogens is 332 g/mol. The van der Waals surface area contributed by atoms with Crippen LogP contribution >= 0.6 is 11.8 Å². The summed E-state index contributed by atoms with van der Waals surface area (Å²) in [6.07, 6.45) is 0.508. The van der Waals surface area contributed by atoms with Crippen molar-refractivity contribution < 1.29 is 19.1 Å². The van der Waals surface area contributed by atoms with Crippen molar-refractivity contribution in [3.63, 3.8) is 0 Å². The number of hydrogen-bond acceptors (Lipinski definition) is 6. The topological polar surface area (TPSA) is 114 Å². The predicted molar refractivity (Wildman–Crippen MR) is 90.5 cm³/mol. The summed E-state index contributed by atoms with van der Waals surface area (Å²) in [4.78, 5) is 36.8. The van der Waals surface area contributed by atoms with Crippen LogP contribution in [0.15, 0.2) is 11.1 Å². The summed E-state index contributed by atoms with van der Waals surface area (Å²) in [5, 5.41) is 7.34. The Morgan fingerprint density at radius 3 is 2.62 bits per heavy atom. The van der Waals surface area contributed by atoms with Crippen LogP contribution in [0.3, 0.4) is 0 Å². The minimum absolute atomic E-state index is 0.409. The van der Waals surface area contributed by atoms with E-state index in [1.54, 1.807) is 33.1 Å². The van der Waals surface area contributed by atoms with Gasteiger partial charge in [-0.1, -0.05) is 11.8 Å². The zero-order valence-electron chi connectivity index (χ0n) is 14.3. The summed E-state index contributed by atoms with van der Waals surface area (Å²) in [7, 11) is 0. The van der Waals surface area contributed by atoms with Gasteiger partial charge in [0.1, 0.15) is 11.6 Å². The maximum absolute atomic E-state index is 13.1. The second kappa shape index (κ2) is 6.54. The van der Waals surface area contributed by atoms with Gasteiger partial charge in [0.2, 0.25) is 10.9 Å². The van der Waals surface area contributed by atoms with Gasteiger partial charge in [-0.2, -0.15) is 0 Å². The number of ether oxygens (including phenoxy) is 1. The molecule has 1 saturated heterocycles. The van der Waals surface area contributed by atoms with Crippen LogP contribution in [-0.2, 0) is 14.3 Å². The predicted octanol–water partition coefficient (Wildman–Crippen LogP) is 0.839. The lowest BCUT2D eigenvalue weighted by Gasteiger charge is -2.35. The third-order valence-electron chi connectivity index (χ3n) is 3.61. The number of allylic oxidation sites excluding steroid dienone is 1. The number of nitrogens with one attached hydrogen (secondary N) is 2. The van der Waals surface area contributed by atoms with Crippen LogP contribution in [-0.4, -0.2) is 46.0 Å². The van der Waals surface area contributed by atoms with E-state index in [9.17, 15) is 14.4 Å². The zero-order chi connectivity index (χ0) is 18.1. The van der Waals surface area contributed by atoms with Crippen LogP contribution in [0.25, 0.3) is 0 Å². The number of amides is 3. The van der Waals surface area contributed by atoms with E-state index in [0.717, 1.165) is 17.5 Å². The van der Waals surface area contributed by atoms with Crippen molar-refractivity contribution in [3.05, 3.63) is 11.1 Å². The molecule has 1 unspecified atom stereocenters. The fraction of sp³-hybridized carbons (Fsp3) is 0.667. The normalized spacial score (nSPS) is 26.6. The van der Waals surface area contributed by atoms with Gasteiger partial charge in [-0.15, -0.1) is 0 Å². The number of hydrogen-bond donors (Lipinski definition) is 3. The Bertz CT molecular complexity index is 587. The quantitative estimate of drug-likeness (QED) is 0.690. The molecule has 8 nitrogen and oxygen atoms in total. The lowest BCUT2D eigenvalue weighted by molar-refractivity contribution is -0.140. The molecule has 1 fully saturated rings. The summed E-state index contributed by atoms with van der Waals surface area (Å²) in [5.74, 6) is -0.950. The van der Waals surface area contributed by atoms with Crippen molar-refractivity contribution >= 4 is 29.7 Å². The van der Waals surface area contributed by atoms with Gasteiger partial charge in [-0.25, -0.2) is 4.79 Å². The molecule has 0 saturated carbocycles. The molecule has 2 rings (SSSR count). The fourth-order valence-corrected chi connectivity index (χ4v) is 3.68. The maximum atomic E-state index is 13.1. The number of alkyl carbamates (subject to hydrolysis) is 1. The first-order valence-corrected chi connectivity index (χ1v) is 8.66. The molecule has 0 aromatic rings. The Hall–Kier alpha value is -1.90. The number of thioether (sulfide) groups is 1. The summed E-state index contributed by atoms with van der Waals surface area (Å²) >= 11 is 1.13. The van der Waals surface area contributed by atoms with Crippen LogP contribution in [0.2, 0.25) is 0 Å². The molecule has 2 heterocycles. The second-order valence-corrected chi connectivity index (χ2v) is 7.99. The molecule has 0 aromatic carbocycles. The lowest BCUT2D eigenvalue weighted by Crippen LogP contribution is -2.65. The maximum Gasteiger partial charge on any atom is 0.410 e. The highest BCUT2D eigenvalue weighted by atomic mass is 32.2. The molecule has 2 aliphatic rings. The number of nitrogens with two attached hydrogens (primary N) is 1. The van der Waals surface area contributed by atoms with E-state index in [2.05, 4.69) is 10.6 Å². The van der Waals surface area contributed by atoms with Crippen molar-refractivity contribution in [2.45, 2.75) is 57.2 Å². The van der Waals surface area contributed by atoms with E-state index >= 15 is 0 Å². The monoisotopic (exact) mass is 356 g/mol. The summed E-state index contributed by atoms with van der Waals surface area (Å²) in [6, 6.07) is -0.655. The van der Waals surface area contributed by atoms with Gasteiger partial charge in [-0.3, -0.25) is 14.9 Å². The summed E-state index contributed by atoms with van der Waals surface area (Å²) in [6.45, 7) is 7.43. The molecule has 134 valence electrons. The number of nitrogens with zero attached hydrogens (tertiary/aromatic N) is 1. The Morgan fingerprint density at radius 1 is 1.46 bits per heavy atom. The molecule has 2 atom stereocenters. The fourth-order valence-electron chi connectivity index (χ4n) is 2.69. The molecule has 0 spiro atoms. The van der Waals surface area contributed by atoms with Gasteiger partial charge in [-0.05, 0) is 45.9 Å². The minimum Gasteiger partial charge on any atom is -0.444 e. The molecular formula is C15H24N4O4S. The van der Waals surface area contributed by atoms with Crippen LogP contribution in [0.1, 0.15) is 40.5 Å². The number of carbonyl (C=O) groups excluding carboxylic acids is 3. The zero-order valence-corrected chi connectivity index (χ0v) is 15.2. The third kappa shape index (κ3) is 3.95. The van der Waals surface area contributed by atoms with Gasteiger partial charge < -0.3 is 20.7 Å². The molecule has 0 bridgehead atoms. The van der Waals surface area contributed by atoms with Crippen molar-refractivity contribution in [1.82, 2.24) is 15.5 Å². The van der Waals surface area contributed by atoms with Crippen molar-refractivity contribution in [2.75, 3.05) is 6.54 Å². The van der Waals surface area contributed by atoms with Gasteiger partial charge in [0.25, 0.3) is 5.91 Å². The average Bonchev–Trinajstić information content (AvgIpc) is 3.03. The molecule has 2 aliphatic heterocycles. The Kier molecular flexibility index (Phi) is 5.03. The van der Waals surface area contributed by atoms with E-state index in [-0.39, 0.29) is 0 Å². The number of likely N-dealkylation sites (tertiary alicyclic amines) is 1. The minimum atomic E-state index is -1.43. The lowest BCUT2D eigenvalue weighted by atomic mass is 10.2. The van der Waals surface area contributed by atoms with E-state index < -0.39 is 34.5 Å². The number of primary amides is 1. The first kappa shape index (κ1) is 18.4. The van der Waals surface area contributed by atoms with E-state index in [1.807, 2.05) is 0 Å². The SMILES string of the molecule is CC1=CSC(NC(=O)OC(C)(C)C)(C(=O)N2CCC[C@H]2C(N)=O)N1. The first-order valence-electron chi connectivity index (χ1n) is 7.78. The highest BCUT2D eigenvalue weighted by Crippen LogP contribution is 2.34. The Labute approximate surface area is 145 Å². The number of carbonyl (C=O) groups is 3. The average molecular weight is 356 g/mol. The van der Waals surface area contributed by atoms with Gasteiger partial charge in [0.15, 0.2) is 0 Å². The highest BCUT2D eigenvalue weighted by molar-refractivity contribution is 8.04. The molecule has 3 amide bonds. The largest absolute Gasteiger partial charge is 0.444 e. The van der Waals surface area contributed by atoms with Crippen LogP contribution < -0.4 is 16.4 Å². The van der Waals surface area contributed by atoms with Crippen molar-refractivity contribution in [1.29, 1.82) is 0 Å². The van der Waals surface area contributed by atoms with Gasteiger partial charge in [0.05, 0.1) is 0 Å². The summed E-state index contributed by atoms with van der Waals surface area (Å²) in [5.41, 5.74) is 5.44. The van der Waals surface area contributed by atoms with Gasteiger partial charge in [0, 0.05) is 12.2 Å². The van der Waals surface area contributed by atoms with E-state index in [4.69, 9.17) is 10.5 Å². The number of rotatable bonds is 3. The smallest absolute Gasteiger partial charge is 0.410 e. The van der Waals surface area contributed by atoms with E-state index in [1.165, 1.54) is 4.90 Å². The summed E-state index contributed by atoms with van der Waals surface area (Å²) < 4.78 is 5.26. The second-order valence-electron chi connectivity index (χ2n) is 6.91. The van der Waals surface area contributed by atoms with Gasteiger partial charge >= 0.3 is 6.09 Å². The van der Waals surface area contributed by atoms with Crippen molar-refractivity contribution in [3.8, 4) is 0 Å². The Balaban J connectivity index is 2.20. The Morgan fingerprint density at radius 2 is 2.12 bits per heavy atom. The van der Waals surface area contributed by atoms with Crippen molar-refractivity contribution in [2.24, 2.45) is 5.73 Å². The van der Waals surface area contributed by atoms with Crippen LogP contribution in [0.5, 0.6) is 0 Å². The molecule has 9 heteroatoms. The third-order valence-corrected chi connectivity index (χ3v) is 4.81. The molecule has 0 aromatic heterocycles. The first-order chi connectivity index (χ1) is 11.0. The molecule has 0 aliphatic carbocycles. The van der Waals surface area contributed by atoms with E-state index in [0.29, 0.717) is 19.4 Å². The van der Waals surface area contributed by atoms with Crippen LogP contribution in [0, 0.1) is 0 Å². The van der Waals surface area contributed by atoms with Crippen LogP contribution in [0.4, 0.5) is 4.79 Å². The standard InChI is InChI=1S/C15H24N4O4S/c1-9-8-24-15(17-9,18-13(22)23-14(2,3)4)12(21)19-7-5-6-10(19)11(16)20/h8,10,17H,5-7H2,1-4H3,(H2,16,20)(H,18,22)/t10-,15?/m0/s1. The molecule has 4 N–H and O–H groups in total.